The SMILES string of the molecule is [C-]#[N+]c1ccc2c(c1)C(c1ccc(NC34CC5CC(CC(C5)C3)C4)cc1)N(C(=O)C#C)[C@@H](CCCC)C2. The van der Waals surface area contributed by atoms with E-state index in [0.29, 0.717) is 5.69 Å². The molecule has 37 heavy (non-hydrogen) atoms. The second kappa shape index (κ2) is 9.57. The van der Waals surface area contributed by atoms with Crippen LogP contribution in [0, 0.1) is 36.7 Å². The van der Waals surface area contributed by atoms with Gasteiger partial charge in [0.2, 0.25) is 0 Å². The monoisotopic (exact) mass is 491 g/mol. The van der Waals surface area contributed by atoms with Crippen LogP contribution in [0.2, 0.25) is 0 Å². The Bertz CT molecular complexity index is 1230. The number of unbranched alkanes of at least 4 members (excludes halogenated alkanes) is 1. The van der Waals surface area contributed by atoms with Gasteiger partial charge in [0.15, 0.2) is 5.69 Å². The fraction of sp³-hybridized carbons (Fsp3) is 0.515. The number of carbonyl (C=O) groups excluding carboxylic acids is 1. The van der Waals surface area contributed by atoms with Gasteiger partial charge in [0.05, 0.1) is 12.6 Å². The van der Waals surface area contributed by atoms with Crippen LogP contribution in [-0.2, 0) is 11.2 Å². The summed E-state index contributed by atoms with van der Waals surface area (Å²) >= 11 is 0. The molecule has 190 valence electrons. The summed E-state index contributed by atoms with van der Waals surface area (Å²) in [6, 6.07) is 14.4. The van der Waals surface area contributed by atoms with Crippen molar-refractivity contribution in [3.63, 3.8) is 0 Å². The van der Waals surface area contributed by atoms with E-state index in [4.69, 9.17) is 13.0 Å². The Morgan fingerprint density at radius 3 is 2.38 bits per heavy atom. The highest BCUT2D eigenvalue weighted by Gasteiger charge is 2.51. The van der Waals surface area contributed by atoms with Crippen molar-refractivity contribution in [1.82, 2.24) is 4.90 Å². The molecule has 2 atom stereocenters. The van der Waals surface area contributed by atoms with Gasteiger partial charge in [-0.1, -0.05) is 50.1 Å². The van der Waals surface area contributed by atoms with Crippen LogP contribution in [-0.4, -0.2) is 22.4 Å². The third-order valence-electron chi connectivity index (χ3n) is 9.60. The van der Waals surface area contributed by atoms with Gasteiger partial charge in [-0.15, -0.1) is 6.42 Å². The van der Waals surface area contributed by atoms with Crippen LogP contribution in [0.15, 0.2) is 42.5 Å². The Hall–Kier alpha value is -3.24. The summed E-state index contributed by atoms with van der Waals surface area (Å²) in [5, 5.41) is 3.98. The van der Waals surface area contributed by atoms with Gasteiger partial charge in [-0.3, -0.25) is 4.79 Å². The zero-order valence-electron chi connectivity index (χ0n) is 21.9. The number of hydrogen-bond acceptors (Lipinski definition) is 2. The lowest BCUT2D eigenvalue weighted by molar-refractivity contribution is -0.130. The van der Waals surface area contributed by atoms with Gasteiger partial charge < -0.3 is 10.2 Å². The smallest absolute Gasteiger partial charge is 0.299 e. The number of fused-ring (bicyclic) bond motifs is 1. The minimum absolute atomic E-state index is 0.0598. The van der Waals surface area contributed by atoms with Gasteiger partial charge in [-0.25, -0.2) is 4.85 Å². The fourth-order valence-corrected chi connectivity index (χ4v) is 8.50. The van der Waals surface area contributed by atoms with Crippen molar-refractivity contribution >= 4 is 17.3 Å². The van der Waals surface area contributed by atoms with E-state index in [9.17, 15) is 4.79 Å². The lowest BCUT2D eigenvalue weighted by Crippen LogP contribution is -2.54. The molecule has 0 aromatic heterocycles. The molecule has 0 radical (unpaired) electrons. The van der Waals surface area contributed by atoms with E-state index in [1.807, 2.05) is 17.0 Å². The maximum atomic E-state index is 13.2. The number of hydrogen-bond donors (Lipinski definition) is 1. The minimum Gasteiger partial charge on any atom is -0.380 e. The van der Waals surface area contributed by atoms with Crippen LogP contribution in [0.1, 0.15) is 87.4 Å². The Morgan fingerprint density at radius 1 is 1.11 bits per heavy atom. The third kappa shape index (κ3) is 4.42. The van der Waals surface area contributed by atoms with E-state index in [0.717, 1.165) is 54.6 Å². The molecular weight excluding hydrogens is 454 g/mol. The molecule has 0 spiro atoms. The van der Waals surface area contributed by atoms with Gasteiger partial charge in [0.1, 0.15) is 0 Å². The molecule has 1 heterocycles. The second-order valence-corrected chi connectivity index (χ2v) is 12.2. The van der Waals surface area contributed by atoms with E-state index < -0.39 is 0 Å². The summed E-state index contributed by atoms with van der Waals surface area (Å²) in [4.78, 5) is 18.8. The highest BCUT2D eigenvalue weighted by molar-refractivity contribution is 5.94. The Kier molecular flexibility index (Phi) is 6.24. The van der Waals surface area contributed by atoms with Crippen LogP contribution in [0.25, 0.3) is 4.85 Å². The average Bonchev–Trinajstić information content (AvgIpc) is 2.89. The van der Waals surface area contributed by atoms with Gasteiger partial charge in [0, 0.05) is 17.3 Å². The van der Waals surface area contributed by atoms with E-state index in [2.05, 4.69) is 53.3 Å². The molecule has 2 aromatic rings. The number of nitrogens with zero attached hydrogens (tertiary/aromatic N) is 2. The van der Waals surface area contributed by atoms with Crippen molar-refractivity contribution in [3.05, 3.63) is 70.6 Å². The first-order chi connectivity index (χ1) is 18.0. The maximum Gasteiger partial charge on any atom is 0.299 e. The molecular formula is C33H37N3O. The Labute approximate surface area is 221 Å². The first kappa shape index (κ1) is 24.1. The van der Waals surface area contributed by atoms with Crippen molar-refractivity contribution in [3.8, 4) is 12.3 Å². The first-order valence-corrected chi connectivity index (χ1v) is 14.2. The summed E-state index contributed by atoms with van der Waals surface area (Å²) in [5.41, 5.74) is 5.35. The summed E-state index contributed by atoms with van der Waals surface area (Å²) in [6.07, 6.45) is 17.8. The third-order valence-corrected chi connectivity index (χ3v) is 9.60. The van der Waals surface area contributed by atoms with Crippen LogP contribution >= 0.6 is 0 Å². The number of nitrogens with one attached hydrogen (secondary N) is 1. The summed E-state index contributed by atoms with van der Waals surface area (Å²) in [5.74, 6) is 4.85. The van der Waals surface area contributed by atoms with Crippen molar-refractivity contribution in [2.75, 3.05) is 5.32 Å². The molecule has 1 N–H and O–H groups in total. The number of amides is 1. The standard InChI is InChI=1S/C33H37N3O/c1-4-6-7-29-17-26-10-13-28(34-3)18-30(26)32(36(29)31(37)5-2)25-8-11-27(12-9-25)35-33-19-22-14-23(20-33)16-24(15-22)21-33/h2,8-13,18,22-24,29,32,35H,4,6-7,14-17,19-21H2,1H3/t22?,23?,24?,29-,32?,33?/m0/s1. The molecule has 4 fully saturated rings. The van der Waals surface area contributed by atoms with Crippen LogP contribution in [0.3, 0.4) is 0 Å². The molecule has 1 aliphatic heterocycles. The largest absolute Gasteiger partial charge is 0.380 e. The van der Waals surface area contributed by atoms with E-state index in [1.165, 1.54) is 49.8 Å². The van der Waals surface area contributed by atoms with Crippen LogP contribution in [0.5, 0.6) is 0 Å². The molecule has 5 aliphatic rings. The lowest BCUT2D eigenvalue weighted by atomic mass is 9.53. The van der Waals surface area contributed by atoms with Gasteiger partial charge >= 0.3 is 0 Å². The number of benzene rings is 2. The first-order valence-electron chi connectivity index (χ1n) is 14.2. The van der Waals surface area contributed by atoms with Gasteiger partial charge in [-0.05, 0) is 104 Å². The molecule has 7 rings (SSSR count). The maximum absolute atomic E-state index is 13.2. The highest BCUT2D eigenvalue weighted by atomic mass is 16.2. The molecule has 2 aromatic carbocycles. The average molecular weight is 492 g/mol. The normalized spacial score (nSPS) is 31.3. The van der Waals surface area contributed by atoms with Crippen molar-refractivity contribution in [2.24, 2.45) is 17.8 Å². The molecule has 0 saturated heterocycles. The fourth-order valence-electron chi connectivity index (χ4n) is 8.50. The van der Waals surface area contributed by atoms with Crippen molar-refractivity contribution in [1.29, 1.82) is 0 Å². The molecule has 4 bridgehead atoms. The van der Waals surface area contributed by atoms with Crippen molar-refractivity contribution < 1.29 is 4.79 Å². The van der Waals surface area contributed by atoms with Gasteiger partial charge in [0.25, 0.3) is 5.91 Å². The van der Waals surface area contributed by atoms with Crippen molar-refractivity contribution in [2.45, 2.75) is 88.8 Å². The number of terminal acetylenes is 1. The predicted octanol–water partition coefficient (Wildman–Crippen LogP) is 7.28. The Balaban J connectivity index is 1.33. The topological polar surface area (TPSA) is 36.7 Å². The molecule has 4 nitrogen and oxygen atoms in total. The summed E-state index contributed by atoms with van der Waals surface area (Å²) < 4.78 is 0. The second-order valence-electron chi connectivity index (χ2n) is 12.2. The highest BCUT2D eigenvalue weighted by Crippen LogP contribution is 2.56. The molecule has 4 aliphatic carbocycles. The number of anilines is 1. The number of carbonyl (C=O) groups is 1. The molecule has 4 saturated carbocycles. The van der Waals surface area contributed by atoms with Gasteiger partial charge in [-0.2, -0.15) is 0 Å². The van der Waals surface area contributed by atoms with E-state index >= 15 is 0 Å². The summed E-state index contributed by atoms with van der Waals surface area (Å²) in [7, 11) is 0. The van der Waals surface area contributed by atoms with E-state index in [1.54, 1.807) is 0 Å². The zero-order valence-corrected chi connectivity index (χ0v) is 21.9. The quantitative estimate of drug-likeness (QED) is 0.340. The summed E-state index contributed by atoms with van der Waals surface area (Å²) in [6.45, 7) is 9.74. The predicted molar refractivity (Wildman–Crippen MR) is 148 cm³/mol. The molecule has 1 amide bonds. The van der Waals surface area contributed by atoms with E-state index in [-0.39, 0.29) is 23.5 Å². The van der Waals surface area contributed by atoms with Crippen LogP contribution < -0.4 is 5.32 Å². The van der Waals surface area contributed by atoms with Crippen LogP contribution in [0.4, 0.5) is 11.4 Å². The molecule has 4 heteroatoms. The lowest BCUT2D eigenvalue weighted by Gasteiger charge is -2.57. The zero-order chi connectivity index (χ0) is 25.6. The molecule has 1 unspecified atom stereocenters. The minimum atomic E-state index is -0.274. The number of rotatable bonds is 6. The Morgan fingerprint density at radius 2 is 1.78 bits per heavy atom.